The van der Waals surface area contributed by atoms with E-state index < -0.39 is 6.09 Å². The first-order chi connectivity index (χ1) is 12.0. The van der Waals surface area contributed by atoms with Crippen LogP contribution in [0.25, 0.3) is 10.9 Å². The topological polar surface area (TPSA) is 83.2 Å². The number of hydrogen-bond donors (Lipinski definition) is 3. The van der Waals surface area contributed by atoms with E-state index >= 15 is 0 Å². The van der Waals surface area contributed by atoms with E-state index in [9.17, 15) is 9.59 Å². The molecular weight excluding hydrogens is 342 g/mol. The van der Waals surface area contributed by atoms with E-state index in [0.29, 0.717) is 28.7 Å². The largest absolute Gasteiger partial charge is 0.450 e. The van der Waals surface area contributed by atoms with Crippen LogP contribution in [0.15, 0.2) is 48.5 Å². The van der Waals surface area contributed by atoms with Gasteiger partial charge in [-0.1, -0.05) is 11.6 Å². The SMILES string of the molecule is CCOC(=O)Nc1ccc(NC(=O)c2cc3cc(Cl)ccc3[nH]2)cc1. The summed E-state index contributed by atoms with van der Waals surface area (Å²) in [6, 6.07) is 13.9. The predicted octanol–water partition coefficient (Wildman–Crippen LogP) is 4.64. The number of halogens is 1. The molecule has 25 heavy (non-hydrogen) atoms. The molecule has 128 valence electrons. The van der Waals surface area contributed by atoms with Crippen molar-refractivity contribution in [3.63, 3.8) is 0 Å². The van der Waals surface area contributed by atoms with Crippen LogP contribution in [0.3, 0.4) is 0 Å². The minimum absolute atomic E-state index is 0.265. The Morgan fingerprint density at radius 1 is 1.04 bits per heavy atom. The van der Waals surface area contributed by atoms with Crippen molar-refractivity contribution in [1.82, 2.24) is 4.98 Å². The number of aromatic amines is 1. The van der Waals surface area contributed by atoms with Crippen molar-refractivity contribution in [3.8, 4) is 0 Å². The van der Waals surface area contributed by atoms with Gasteiger partial charge in [-0.2, -0.15) is 0 Å². The molecule has 3 N–H and O–H groups in total. The number of aromatic nitrogens is 1. The maximum Gasteiger partial charge on any atom is 0.411 e. The standard InChI is InChI=1S/C18H16ClN3O3/c1-2-25-18(24)21-14-6-4-13(5-7-14)20-17(23)16-10-11-9-12(19)3-8-15(11)22-16/h3-10,22H,2H2,1H3,(H,20,23)(H,21,24). The number of nitrogens with one attached hydrogen (secondary N) is 3. The molecule has 1 aromatic heterocycles. The number of anilines is 2. The lowest BCUT2D eigenvalue weighted by Gasteiger charge is -2.07. The van der Waals surface area contributed by atoms with E-state index in [1.54, 1.807) is 49.4 Å². The highest BCUT2D eigenvalue weighted by atomic mass is 35.5. The van der Waals surface area contributed by atoms with Crippen molar-refractivity contribution in [2.45, 2.75) is 6.92 Å². The molecule has 0 saturated heterocycles. The Morgan fingerprint density at radius 2 is 1.72 bits per heavy atom. The van der Waals surface area contributed by atoms with Crippen LogP contribution in [0.4, 0.5) is 16.2 Å². The Balaban J connectivity index is 1.68. The molecule has 0 aliphatic carbocycles. The Kier molecular flexibility index (Phi) is 4.90. The minimum atomic E-state index is -0.518. The van der Waals surface area contributed by atoms with E-state index in [0.717, 1.165) is 10.9 Å². The molecule has 0 spiro atoms. The summed E-state index contributed by atoms with van der Waals surface area (Å²) in [6.07, 6.45) is -0.518. The van der Waals surface area contributed by atoms with Gasteiger partial charge < -0.3 is 15.0 Å². The Hall–Kier alpha value is -2.99. The molecule has 0 aliphatic rings. The first kappa shape index (κ1) is 16.9. The van der Waals surface area contributed by atoms with Crippen LogP contribution in [0.1, 0.15) is 17.4 Å². The molecule has 2 aromatic carbocycles. The molecule has 0 atom stereocenters. The third-order valence-corrected chi connectivity index (χ3v) is 3.73. The first-order valence-electron chi connectivity index (χ1n) is 7.68. The molecule has 1 heterocycles. The average Bonchev–Trinajstić information content (AvgIpc) is 3.00. The van der Waals surface area contributed by atoms with E-state index in [2.05, 4.69) is 15.6 Å². The van der Waals surface area contributed by atoms with Gasteiger partial charge in [-0.15, -0.1) is 0 Å². The van der Waals surface area contributed by atoms with E-state index in [1.807, 2.05) is 6.07 Å². The number of ether oxygens (including phenoxy) is 1. The number of hydrogen-bond acceptors (Lipinski definition) is 3. The van der Waals surface area contributed by atoms with Gasteiger partial charge in [-0.3, -0.25) is 10.1 Å². The van der Waals surface area contributed by atoms with E-state index in [-0.39, 0.29) is 5.91 Å². The van der Waals surface area contributed by atoms with Crippen molar-refractivity contribution >= 4 is 45.9 Å². The molecule has 3 aromatic rings. The monoisotopic (exact) mass is 357 g/mol. The number of carbonyl (C=O) groups is 2. The van der Waals surface area contributed by atoms with Gasteiger partial charge in [0.1, 0.15) is 5.69 Å². The van der Waals surface area contributed by atoms with Gasteiger partial charge in [0, 0.05) is 27.3 Å². The zero-order chi connectivity index (χ0) is 17.8. The van der Waals surface area contributed by atoms with Gasteiger partial charge in [0.25, 0.3) is 5.91 Å². The van der Waals surface area contributed by atoms with Crippen molar-refractivity contribution in [1.29, 1.82) is 0 Å². The van der Waals surface area contributed by atoms with Gasteiger partial charge in [0.2, 0.25) is 0 Å². The number of amides is 2. The zero-order valence-electron chi connectivity index (χ0n) is 13.4. The molecule has 0 aliphatic heterocycles. The van der Waals surface area contributed by atoms with Gasteiger partial charge in [0.05, 0.1) is 6.61 Å². The summed E-state index contributed by atoms with van der Waals surface area (Å²) in [5, 5.41) is 6.86. The van der Waals surface area contributed by atoms with Crippen LogP contribution in [0.5, 0.6) is 0 Å². The predicted molar refractivity (Wildman–Crippen MR) is 98.3 cm³/mol. The smallest absolute Gasteiger partial charge is 0.411 e. The van der Waals surface area contributed by atoms with Crippen molar-refractivity contribution in [2.75, 3.05) is 17.2 Å². The molecule has 3 rings (SSSR count). The van der Waals surface area contributed by atoms with Gasteiger partial charge >= 0.3 is 6.09 Å². The molecule has 0 unspecified atom stereocenters. The van der Waals surface area contributed by atoms with Crippen molar-refractivity contribution < 1.29 is 14.3 Å². The molecule has 0 saturated carbocycles. The van der Waals surface area contributed by atoms with Crippen LogP contribution in [0, 0.1) is 0 Å². The van der Waals surface area contributed by atoms with Gasteiger partial charge in [-0.05, 0) is 55.5 Å². The summed E-state index contributed by atoms with van der Waals surface area (Å²) in [5.74, 6) is -0.265. The lowest BCUT2D eigenvalue weighted by atomic mass is 10.2. The lowest BCUT2D eigenvalue weighted by molar-refractivity contribution is 0.102. The van der Waals surface area contributed by atoms with Crippen molar-refractivity contribution in [2.24, 2.45) is 0 Å². The first-order valence-corrected chi connectivity index (χ1v) is 8.06. The van der Waals surface area contributed by atoms with Crippen molar-refractivity contribution in [3.05, 3.63) is 59.2 Å². The average molecular weight is 358 g/mol. The Bertz CT molecular complexity index is 919. The number of H-pyrrole nitrogens is 1. The van der Waals surface area contributed by atoms with Crippen LogP contribution >= 0.6 is 11.6 Å². The summed E-state index contributed by atoms with van der Waals surface area (Å²) in [6.45, 7) is 2.03. The summed E-state index contributed by atoms with van der Waals surface area (Å²) in [5.41, 5.74) is 2.46. The molecule has 7 heteroatoms. The fraction of sp³-hybridized carbons (Fsp3) is 0.111. The third kappa shape index (κ3) is 4.10. The molecule has 2 amide bonds. The number of fused-ring (bicyclic) bond motifs is 1. The van der Waals surface area contributed by atoms with E-state index in [4.69, 9.17) is 16.3 Å². The van der Waals surface area contributed by atoms with Crippen LogP contribution < -0.4 is 10.6 Å². The zero-order valence-corrected chi connectivity index (χ0v) is 14.2. The third-order valence-electron chi connectivity index (χ3n) is 3.49. The maximum atomic E-state index is 12.4. The van der Waals surface area contributed by atoms with Crippen LogP contribution in [-0.2, 0) is 4.74 Å². The lowest BCUT2D eigenvalue weighted by Crippen LogP contribution is -2.14. The fourth-order valence-corrected chi connectivity index (χ4v) is 2.53. The van der Waals surface area contributed by atoms with E-state index in [1.165, 1.54) is 0 Å². The second-order valence-corrected chi connectivity index (χ2v) is 5.73. The summed E-state index contributed by atoms with van der Waals surface area (Å²) in [7, 11) is 0. The molecule has 6 nitrogen and oxygen atoms in total. The molecular formula is C18H16ClN3O3. The molecule has 0 bridgehead atoms. The second-order valence-electron chi connectivity index (χ2n) is 5.29. The van der Waals surface area contributed by atoms with Gasteiger partial charge in [-0.25, -0.2) is 4.79 Å². The minimum Gasteiger partial charge on any atom is -0.450 e. The highest BCUT2D eigenvalue weighted by molar-refractivity contribution is 6.31. The quantitative estimate of drug-likeness (QED) is 0.636. The normalized spacial score (nSPS) is 10.5. The summed E-state index contributed by atoms with van der Waals surface area (Å²) < 4.78 is 4.80. The van der Waals surface area contributed by atoms with Crippen LogP contribution in [0.2, 0.25) is 5.02 Å². The fourth-order valence-electron chi connectivity index (χ4n) is 2.35. The number of benzene rings is 2. The maximum absolute atomic E-state index is 12.4. The summed E-state index contributed by atoms with van der Waals surface area (Å²) in [4.78, 5) is 26.8. The van der Waals surface area contributed by atoms with Gasteiger partial charge in [0.15, 0.2) is 0 Å². The highest BCUT2D eigenvalue weighted by Gasteiger charge is 2.10. The molecule has 0 radical (unpaired) electrons. The number of carbonyl (C=O) groups excluding carboxylic acids is 2. The number of rotatable bonds is 4. The Labute approximate surface area is 149 Å². The molecule has 0 fully saturated rings. The highest BCUT2D eigenvalue weighted by Crippen LogP contribution is 2.21. The second kappa shape index (κ2) is 7.27. The summed E-state index contributed by atoms with van der Waals surface area (Å²) >= 11 is 5.95. The van der Waals surface area contributed by atoms with Crippen LogP contribution in [-0.4, -0.2) is 23.6 Å². The Morgan fingerprint density at radius 3 is 2.40 bits per heavy atom.